The Kier molecular flexibility index (Phi) is 9.03. The molecule has 1 unspecified atom stereocenters. The first-order valence-corrected chi connectivity index (χ1v) is 6.63. The van der Waals surface area contributed by atoms with Gasteiger partial charge in [-0.3, -0.25) is 14.4 Å². The molecule has 8 heteroatoms. The molecular formula is C10H18N2O5S. The number of hydrogen-bond acceptors (Lipinski definition) is 5. The maximum atomic E-state index is 11.2. The van der Waals surface area contributed by atoms with Crippen molar-refractivity contribution in [1.29, 1.82) is 0 Å². The summed E-state index contributed by atoms with van der Waals surface area (Å²) < 4.78 is 0. The smallest absolute Gasteiger partial charge is 0.320 e. The Morgan fingerprint density at radius 1 is 1.28 bits per heavy atom. The predicted octanol–water partition coefficient (Wildman–Crippen LogP) is -0.497. The van der Waals surface area contributed by atoms with Crippen LogP contribution in [0.4, 0.5) is 0 Å². The van der Waals surface area contributed by atoms with Crippen LogP contribution in [0.1, 0.15) is 19.3 Å². The second kappa shape index (κ2) is 9.72. The van der Waals surface area contributed by atoms with E-state index in [0.717, 1.165) is 0 Å². The molecule has 0 radical (unpaired) electrons. The van der Waals surface area contributed by atoms with Crippen LogP contribution in [0.3, 0.4) is 0 Å². The lowest BCUT2D eigenvalue weighted by Gasteiger charge is -2.06. The van der Waals surface area contributed by atoms with E-state index < -0.39 is 18.0 Å². The van der Waals surface area contributed by atoms with Crippen LogP contribution in [-0.2, 0) is 14.4 Å². The second-order valence-corrected chi connectivity index (χ2v) is 4.74. The van der Waals surface area contributed by atoms with Gasteiger partial charge in [-0.15, -0.1) is 0 Å². The Labute approximate surface area is 109 Å². The number of rotatable bonds is 10. The molecular weight excluding hydrogens is 260 g/mol. The van der Waals surface area contributed by atoms with Crippen molar-refractivity contribution in [2.45, 2.75) is 25.3 Å². The number of nitrogens with two attached hydrogens (primary N) is 1. The number of hydrogen-bond donors (Lipinski definition) is 4. The number of aliphatic carboxylic acids is 2. The van der Waals surface area contributed by atoms with Crippen molar-refractivity contribution in [2.75, 3.05) is 18.1 Å². The fourth-order valence-electron chi connectivity index (χ4n) is 1.02. The third-order valence-electron chi connectivity index (χ3n) is 2.01. The van der Waals surface area contributed by atoms with Gasteiger partial charge < -0.3 is 21.3 Å². The van der Waals surface area contributed by atoms with E-state index >= 15 is 0 Å². The van der Waals surface area contributed by atoms with Crippen LogP contribution in [0.5, 0.6) is 0 Å². The summed E-state index contributed by atoms with van der Waals surface area (Å²) in [5, 5.41) is 19.5. The quantitative estimate of drug-likeness (QED) is 0.396. The molecule has 0 aliphatic carbocycles. The first-order chi connectivity index (χ1) is 8.43. The molecule has 0 saturated heterocycles. The summed E-state index contributed by atoms with van der Waals surface area (Å²) in [6, 6.07) is -0.892. The molecule has 0 saturated carbocycles. The molecule has 0 bridgehead atoms. The van der Waals surface area contributed by atoms with E-state index in [4.69, 9.17) is 15.9 Å². The van der Waals surface area contributed by atoms with Gasteiger partial charge in [-0.25, -0.2) is 0 Å². The number of nitrogens with one attached hydrogen (secondary N) is 1. The molecule has 0 aromatic rings. The lowest BCUT2D eigenvalue weighted by Crippen LogP contribution is -2.31. The van der Waals surface area contributed by atoms with Crippen LogP contribution < -0.4 is 11.1 Å². The molecule has 0 aliphatic heterocycles. The number of amides is 1. The summed E-state index contributed by atoms with van der Waals surface area (Å²) in [5.41, 5.74) is 5.29. The van der Waals surface area contributed by atoms with Crippen LogP contribution >= 0.6 is 11.8 Å². The van der Waals surface area contributed by atoms with Crippen LogP contribution in [0.25, 0.3) is 0 Å². The zero-order valence-electron chi connectivity index (χ0n) is 9.92. The highest BCUT2D eigenvalue weighted by Gasteiger charge is 2.11. The van der Waals surface area contributed by atoms with Gasteiger partial charge in [0.15, 0.2) is 0 Å². The van der Waals surface area contributed by atoms with Crippen molar-refractivity contribution in [3.05, 3.63) is 0 Å². The highest BCUT2D eigenvalue weighted by Crippen LogP contribution is 2.03. The average Bonchev–Trinajstić information content (AvgIpc) is 2.29. The minimum atomic E-state index is -1.05. The molecule has 18 heavy (non-hydrogen) atoms. The number of carboxylic acid groups (broad SMARTS) is 2. The summed E-state index contributed by atoms with van der Waals surface area (Å²) in [4.78, 5) is 31.8. The molecule has 0 aromatic heterocycles. The lowest BCUT2D eigenvalue weighted by molar-refractivity contribution is -0.139. The Hall–Kier alpha value is -1.28. The van der Waals surface area contributed by atoms with Crippen LogP contribution in [-0.4, -0.2) is 52.2 Å². The van der Waals surface area contributed by atoms with Gasteiger partial charge >= 0.3 is 11.9 Å². The highest BCUT2D eigenvalue weighted by atomic mass is 32.2. The van der Waals surface area contributed by atoms with Crippen molar-refractivity contribution in [1.82, 2.24) is 5.32 Å². The molecule has 5 N–H and O–H groups in total. The van der Waals surface area contributed by atoms with Crippen LogP contribution in [0.15, 0.2) is 0 Å². The molecule has 1 atom stereocenters. The molecule has 0 spiro atoms. The van der Waals surface area contributed by atoms with Gasteiger partial charge in [-0.1, -0.05) is 0 Å². The molecule has 0 heterocycles. The highest BCUT2D eigenvalue weighted by molar-refractivity contribution is 7.99. The second-order valence-electron chi connectivity index (χ2n) is 3.63. The molecule has 0 rings (SSSR count). The Morgan fingerprint density at radius 2 is 1.94 bits per heavy atom. The van der Waals surface area contributed by atoms with Crippen LogP contribution in [0.2, 0.25) is 0 Å². The Bertz CT molecular complexity index is 298. The molecule has 0 aliphatic rings. The van der Waals surface area contributed by atoms with Gasteiger partial charge in [0.1, 0.15) is 6.04 Å². The molecule has 0 aromatic carbocycles. The van der Waals surface area contributed by atoms with Crippen molar-refractivity contribution in [3.63, 3.8) is 0 Å². The molecule has 0 fully saturated rings. The predicted molar refractivity (Wildman–Crippen MR) is 67.4 cm³/mol. The maximum absolute atomic E-state index is 11.2. The van der Waals surface area contributed by atoms with E-state index in [2.05, 4.69) is 5.32 Å². The normalized spacial score (nSPS) is 11.8. The van der Waals surface area contributed by atoms with E-state index in [1.54, 1.807) is 0 Å². The van der Waals surface area contributed by atoms with E-state index in [1.165, 1.54) is 11.8 Å². The van der Waals surface area contributed by atoms with E-state index in [-0.39, 0.29) is 18.1 Å². The average molecular weight is 278 g/mol. The zero-order valence-corrected chi connectivity index (χ0v) is 10.7. The molecule has 104 valence electrons. The third kappa shape index (κ3) is 9.91. The maximum Gasteiger partial charge on any atom is 0.320 e. The topological polar surface area (TPSA) is 130 Å². The van der Waals surface area contributed by atoms with Gasteiger partial charge in [-0.05, 0) is 18.6 Å². The zero-order chi connectivity index (χ0) is 14.0. The van der Waals surface area contributed by atoms with Crippen LogP contribution in [0, 0.1) is 0 Å². The summed E-state index contributed by atoms with van der Waals surface area (Å²) >= 11 is 1.30. The van der Waals surface area contributed by atoms with E-state index in [9.17, 15) is 14.4 Å². The van der Waals surface area contributed by atoms with Crippen molar-refractivity contribution >= 4 is 29.6 Å². The van der Waals surface area contributed by atoms with Gasteiger partial charge in [0, 0.05) is 13.0 Å². The number of carbonyl (C=O) groups excluding carboxylic acids is 1. The van der Waals surface area contributed by atoms with Crippen molar-refractivity contribution in [3.8, 4) is 0 Å². The number of carbonyl (C=O) groups is 3. The summed E-state index contributed by atoms with van der Waals surface area (Å²) in [6.45, 7) is 0.334. The van der Waals surface area contributed by atoms with E-state index in [0.29, 0.717) is 25.1 Å². The fraction of sp³-hybridized carbons (Fsp3) is 0.700. The fourth-order valence-corrected chi connectivity index (χ4v) is 1.87. The third-order valence-corrected chi connectivity index (χ3v) is 3.00. The minimum Gasteiger partial charge on any atom is -0.481 e. The SMILES string of the molecule is NC(CCSCC(=O)NCCCC(=O)O)C(=O)O. The Morgan fingerprint density at radius 3 is 2.50 bits per heavy atom. The first kappa shape index (κ1) is 16.7. The first-order valence-electron chi connectivity index (χ1n) is 5.48. The van der Waals surface area contributed by atoms with Crippen molar-refractivity contribution in [2.24, 2.45) is 5.73 Å². The minimum absolute atomic E-state index is 0.0287. The number of carboxylic acids is 2. The van der Waals surface area contributed by atoms with Gasteiger partial charge in [0.05, 0.1) is 5.75 Å². The van der Waals surface area contributed by atoms with Crippen molar-refractivity contribution < 1.29 is 24.6 Å². The van der Waals surface area contributed by atoms with Gasteiger partial charge in [0.25, 0.3) is 0 Å². The largest absolute Gasteiger partial charge is 0.481 e. The number of thioether (sulfide) groups is 1. The lowest BCUT2D eigenvalue weighted by atomic mass is 10.2. The summed E-state index contributed by atoms with van der Waals surface area (Å²) in [6.07, 6.45) is 0.739. The van der Waals surface area contributed by atoms with Gasteiger partial charge in [-0.2, -0.15) is 11.8 Å². The summed E-state index contributed by atoms with van der Waals surface area (Å²) in [7, 11) is 0. The molecule has 7 nitrogen and oxygen atoms in total. The summed E-state index contributed by atoms with van der Waals surface area (Å²) in [5.74, 6) is -1.40. The standard InChI is InChI=1S/C10H18N2O5S/c11-7(10(16)17)3-5-18-6-8(13)12-4-1-2-9(14)15/h7H,1-6,11H2,(H,12,13)(H,14,15)(H,16,17). The van der Waals surface area contributed by atoms with E-state index in [1.807, 2.05) is 0 Å². The molecule has 1 amide bonds. The Balaban J connectivity index is 3.42. The monoisotopic (exact) mass is 278 g/mol. The van der Waals surface area contributed by atoms with Gasteiger partial charge in [0.2, 0.25) is 5.91 Å².